The number of phenolic OH excluding ortho intramolecular Hbond substituents is 1. The molecule has 0 aromatic heterocycles. The number of aromatic hydroxyl groups is 1. The van der Waals surface area contributed by atoms with Crippen LogP contribution in [-0.4, -0.2) is 12.6 Å². The van der Waals surface area contributed by atoms with Gasteiger partial charge in [0.25, 0.3) is 0 Å². The molecule has 59 valence electrons. The maximum Gasteiger partial charge on any atom is 0.331 e. The van der Waals surface area contributed by atoms with E-state index >= 15 is 0 Å². The third kappa shape index (κ3) is 0.941. The highest BCUT2D eigenvalue weighted by molar-refractivity contribution is 6.49. The van der Waals surface area contributed by atoms with Crippen LogP contribution in [0.25, 0.3) is 0 Å². The van der Waals surface area contributed by atoms with Crippen molar-refractivity contribution in [3.05, 3.63) is 36.4 Å². The molecule has 1 unspecified atom stereocenters. The number of benzene rings is 1. The van der Waals surface area contributed by atoms with Gasteiger partial charge in [-0.25, -0.2) is 0 Å². The number of hydrogen-bond acceptors (Lipinski definition) is 2. The van der Waals surface area contributed by atoms with Crippen molar-refractivity contribution in [3.8, 4) is 5.75 Å². The van der Waals surface area contributed by atoms with Crippen molar-refractivity contribution in [2.24, 2.45) is 0 Å². The van der Waals surface area contributed by atoms with Gasteiger partial charge in [-0.1, -0.05) is 18.2 Å². The first-order chi connectivity index (χ1) is 5.83. The summed E-state index contributed by atoms with van der Waals surface area (Å²) in [7, 11) is 1.64. The van der Waals surface area contributed by atoms with E-state index in [9.17, 15) is 5.11 Å². The fraction of sp³-hybridized carbons (Fsp3) is 0.111. The molecule has 2 nitrogen and oxygen atoms in total. The lowest BCUT2D eigenvalue weighted by Gasteiger charge is -2.07. The monoisotopic (exact) mass is 159 g/mol. The van der Waals surface area contributed by atoms with Crippen LogP contribution in [0.4, 0.5) is 0 Å². The topological polar surface area (TPSA) is 29.5 Å². The van der Waals surface area contributed by atoms with E-state index in [2.05, 4.69) is 6.58 Å². The predicted octanol–water partition coefficient (Wildman–Crippen LogP) is 0.894. The summed E-state index contributed by atoms with van der Waals surface area (Å²) >= 11 is 0. The minimum absolute atomic E-state index is 0.193. The molecule has 12 heavy (non-hydrogen) atoms. The van der Waals surface area contributed by atoms with Crippen LogP contribution in [0, 0.1) is 0 Å². The Bertz CT molecular complexity index is 322. The second kappa shape index (κ2) is 2.68. The highest BCUT2D eigenvalue weighted by Crippen LogP contribution is 2.28. The molecule has 2 rings (SSSR count). The summed E-state index contributed by atoms with van der Waals surface area (Å²) in [5.74, 6) is 0.270. The maximum atomic E-state index is 9.49. The van der Waals surface area contributed by atoms with Gasteiger partial charge in [0.2, 0.25) is 0 Å². The van der Waals surface area contributed by atoms with E-state index < -0.39 is 0 Å². The van der Waals surface area contributed by atoms with Crippen molar-refractivity contribution in [1.29, 1.82) is 0 Å². The summed E-state index contributed by atoms with van der Waals surface area (Å²) in [5.41, 5.74) is 1.74. The van der Waals surface area contributed by atoms with E-state index in [0.29, 0.717) is 0 Å². The number of hydrogen-bond donors (Lipinski definition) is 1. The average molecular weight is 159 g/mol. The summed E-state index contributed by atoms with van der Waals surface area (Å²) in [6.07, 6.45) is 1.48. The predicted molar refractivity (Wildman–Crippen MR) is 47.5 cm³/mol. The van der Waals surface area contributed by atoms with Crippen molar-refractivity contribution >= 4 is 12.9 Å². The van der Waals surface area contributed by atoms with Crippen LogP contribution in [0.1, 0.15) is 11.7 Å². The smallest absolute Gasteiger partial charge is 0.331 e. The van der Waals surface area contributed by atoms with Gasteiger partial charge in [0.1, 0.15) is 5.75 Å². The first-order valence-corrected chi connectivity index (χ1v) is 3.76. The molecule has 1 radical (unpaired) electrons. The molecule has 1 N–H and O–H groups in total. The Kier molecular flexibility index (Phi) is 1.66. The van der Waals surface area contributed by atoms with Crippen molar-refractivity contribution in [2.75, 3.05) is 0 Å². The van der Waals surface area contributed by atoms with Gasteiger partial charge in [-0.15, -0.1) is 6.58 Å². The minimum atomic E-state index is -0.193. The van der Waals surface area contributed by atoms with Crippen LogP contribution in [0.3, 0.4) is 0 Å². The SMILES string of the molecule is C=CC1O[B]c2cccc(O)c21. The molecule has 0 saturated carbocycles. The lowest BCUT2D eigenvalue weighted by molar-refractivity contribution is 0.283. The Morgan fingerprint density at radius 1 is 1.58 bits per heavy atom. The van der Waals surface area contributed by atoms with Crippen LogP contribution >= 0.6 is 0 Å². The highest BCUT2D eigenvalue weighted by Gasteiger charge is 2.24. The Balaban J connectivity index is 2.55. The van der Waals surface area contributed by atoms with Crippen LogP contribution in [0.2, 0.25) is 0 Å². The molecule has 3 heteroatoms. The zero-order chi connectivity index (χ0) is 8.55. The maximum absolute atomic E-state index is 9.49. The second-order valence-corrected chi connectivity index (χ2v) is 2.69. The Morgan fingerprint density at radius 2 is 2.42 bits per heavy atom. The normalized spacial score (nSPS) is 19.8. The van der Waals surface area contributed by atoms with Gasteiger partial charge in [0.15, 0.2) is 0 Å². The van der Waals surface area contributed by atoms with Gasteiger partial charge in [0.05, 0.1) is 6.10 Å². The van der Waals surface area contributed by atoms with E-state index in [0.717, 1.165) is 11.0 Å². The van der Waals surface area contributed by atoms with Gasteiger partial charge in [-0.2, -0.15) is 0 Å². The lowest BCUT2D eigenvalue weighted by Crippen LogP contribution is -2.10. The minimum Gasteiger partial charge on any atom is -0.508 e. The van der Waals surface area contributed by atoms with E-state index in [-0.39, 0.29) is 11.9 Å². The van der Waals surface area contributed by atoms with Crippen LogP contribution in [0.15, 0.2) is 30.9 Å². The Morgan fingerprint density at radius 3 is 3.17 bits per heavy atom. The van der Waals surface area contributed by atoms with E-state index in [1.54, 1.807) is 25.7 Å². The van der Waals surface area contributed by atoms with Crippen molar-refractivity contribution in [1.82, 2.24) is 0 Å². The molecule has 0 amide bonds. The summed E-state index contributed by atoms with van der Waals surface area (Å²) < 4.78 is 5.25. The first kappa shape index (κ1) is 7.43. The number of fused-ring (bicyclic) bond motifs is 1. The third-order valence-electron chi connectivity index (χ3n) is 1.96. The third-order valence-corrected chi connectivity index (χ3v) is 1.96. The Labute approximate surface area is 71.8 Å². The Hall–Kier alpha value is -1.22. The van der Waals surface area contributed by atoms with E-state index in [4.69, 9.17) is 4.65 Å². The molecular formula is C9H8BO2. The standard InChI is InChI=1S/C9H8BO2/c1-2-8-9-6(10-12-8)4-3-5-7(9)11/h2-5,8,11H,1H2. The summed E-state index contributed by atoms with van der Waals surface area (Å²) in [6, 6.07) is 5.34. The molecule has 0 spiro atoms. The molecule has 1 aliphatic rings. The summed E-state index contributed by atoms with van der Waals surface area (Å²) in [6.45, 7) is 3.63. The average Bonchev–Trinajstić information content (AvgIpc) is 2.49. The van der Waals surface area contributed by atoms with Gasteiger partial charge in [-0.3, -0.25) is 0 Å². The fourth-order valence-electron chi connectivity index (χ4n) is 1.37. The molecule has 0 fully saturated rings. The van der Waals surface area contributed by atoms with Crippen LogP contribution < -0.4 is 5.46 Å². The molecule has 0 aliphatic carbocycles. The van der Waals surface area contributed by atoms with Gasteiger partial charge < -0.3 is 9.76 Å². The molecule has 0 bridgehead atoms. The largest absolute Gasteiger partial charge is 0.508 e. The van der Waals surface area contributed by atoms with Gasteiger partial charge >= 0.3 is 7.48 Å². The zero-order valence-corrected chi connectivity index (χ0v) is 6.53. The number of phenols is 1. The van der Waals surface area contributed by atoms with Gasteiger partial charge in [-0.05, 0) is 11.5 Å². The van der Waals surface area contributed by atoms with E-state index in [1.807, 2.05) is 6.07 Å². The molecule has 1 aliphatic heterocycles. The summed E-state index contributed by atoms with van der Waals surface area (Å²) in [5, 5.41) is 9.49. The van der Waals surface area contributed by atoms with Crippen LogP contribution in [-0.2, 0) is 4.65 Å². The van der Waals surface area contributed by atoms with Crippen molar-refractivity contribution in [2.45, 2.75) is 6.10 Å². The molecule has 1 aromatic carbocycles. The van der Waals surface area contributed by atoms with Crippen molar-refractivity contribution in [3.63, 3.8) is 0 Å². The zero-order valence-electron chi connectivity index (χ0n) is 6.53. The number of rotatable bonds is 1. The van der Waals surface area contributed by atoms with E-state index in [1.165, 1.54) is 0 Å². The van der Waals surface area contributed by atoms with Crippen molar-refractivity contribution < 1.29 is 9.76 Å². The highest BCUT2D eigenvalue weighted by atomic mass is 16.4. The van der Waals surface area contributed by atoms with Crippen LogP contribution in [0.5, 0.6) is 5.75 Å². The quantitative estimate of drug-likeness (QED) is 0.487. The fourth-order valence-corrected chi connectivity index (χ4v) is 1.37. The van der Waals surface area contributed by atoms with Gasteiger partial charge in [0, 0.05) is 5.56 Å². The summed E-state index contributed by atoms with van der Waals surface area (Å²) in [4.78, 5) is 0. The molecular weight excluding hydrogens is 151 g/mol. The first-order valence-electron chi connectivity index (χ1n) is 3.76. The second-order valence-electron chi connectivity index (χ2n) is 2.69. The molecule has 0 saturated heterocycles. The lowest BCUT2D eigenvalue weighted by atomic mass is 9.86. The molecule has 1 heterocycles. The molecule has 1 atom stereocenters. The molecule has 1 aromatic rings.